The zero-order valence-corrected chi connectivity index (χ0v) is 10.5. The summed E-state index contributed by atoms with van der Waals surface area (Å²) in [6.45, 7) is 3.06. The highest BCUT2D eigenvalue weighted by Gasteiger charge is 2.15. The van der Waals surface area contributed by atoms with Crippen LogP contribution in [-0.4, -0.2) is 48.0 Å². The lowest BCUT2D eigenvalue weighted by Gasteiger charge is -2.07. The molecular weight excluding hydrogens is 238 g/mol. The smallest absolute Gasteiger partial charge is 0.341 e. The highest BCUT2D eigenvalue weighted by atomic mass is 16.5. The van der Waals surface area contributed by atoms with Gasteiger partial charge in [0.25, 0.3) is 0 Å². The van der Waals surface area contributed by atoms with E-state index in [-0.39, 0.29) is 11.4 Å². The number of hydrogen-bond acceptors (Lipinski definition) is 6. The first-order valence-electron chi connectivity index (χ1n) is 5.49. The van der Waals surface area contributed by atoms with Crippen LogP contribution in [0.15, 0.2) is 0 Å². The molecular formula is C11H17N3O4. The van der Waals surface area contributed by atoms with Crippen LogP contribution in [0, 0.1) is 6.92 Å². The molecule has 0 radical (unpaired) electrons. The van der Waals surface area contributed by atoms with Crippen LogP contribution in [0.3, 0.4) is 0 Å². The van der Waals surface area contributed by atoms with Gasteiger partial charge >= 0.3 is 5.97 Å². The molecule has 1 aromatic heterocycles. The molecule has 100 valence electrons. The average Bonchev–Trinajstić information content (AvgIpc) is 2.27. The van der Waals surface area contributed by atoms with Gasteiger partial charge in [0.15, 0.2) is 0 Å². The number of nitrogens with zero attached hydrogens (tertiary/aromatic N) is 2. The van der Waals surface area contributed by atoms with Crippen LogP contribution in [0.4, 0.5) is 5.82 Å². The lowest BCUT2D eigenvalue weighted by Crippen LogP contribution is -2.13. The third-order valence-corrected chi connectivity index (χ3v) is 2.28. The molecule has 0 saturated carbocycles. The zero-order valence-electron chi connectivity index (χ0n) is 10.5. The Kier molecular flexibility index (Phi) is 5.47. The van der Waals surface area contributed by atoms with E-state index in [2.05, 4.69) is 9.97 Å². The summed E-state index contributed by atoms with van der Waals surface area (Å²) in [5.41, 5.74) is 5.90. The Hall–Kier alpha value is -1.73. The monoisotopic (exact) mass is 255 g/mol. The van der Waals surface area contributed by atoms with Crippen molar-refractivity contribution in [2.24, 2.45) is 0 Å². The van der Waals surface area contributed by atoms with E-state index in [1.54, 1.807) is 14.0 Å². The van der Waals surface area contributed by atoms with E-state index in [1.807, 2.05) is 0 Å². The van der Waals surface area contributed by atoms with Crippen molar-refractivity contribution in [2.45, 2.75) is 13.3 Å². The number of methoxy groups -OCH3 is 1. The van der Waals surface area contributed by atoms with E-state index in [9.17, 15) is 4.79 Å². The summed E-state index contributed by atoms with van der Waals surface area (Å²) in [7, 11) is 1.60. The topological polar surface area (TPSA) is 108 Å². The van der Waals surface area contributed by atoms with Crippen LogP contribution >= 0.6 is 0 Å². The maximum absolute atomic E-state index is 10.9. The van der Waals surface area contributed by atoms with Crippen LogP contribution in [0.1, 0.15) is 21.9 Å². The molecule has 1 heterocycles. The number of nitrogen functional groups attached to an aromatic ring is 1. The number of aryl methyl sites for hydroxylation is 1. The van der Waals surface area contributed by atoms with Gasteiger partial charge in [-0.15, -0.1) is 0 Å². The van der Waals surface area contributed by atoms with E-state index in [1.165, 1.54) is 0 Å². The summed E-state index contributed by atoms with van der Waals surface area (Å²) >= 11 is 0. The quantitative estimate of drug-likeness (QED) is 0.673. The Morgan fingerprint density at radius 2 is 2.06 bits per heavy atom. The van der Waals surface area contributed by atoms with Gasteiger partial charge in [-0.1, -0.05) is 0 Å². The van der Waals surface area contributed by atoms with Gasteiger partial charge in [0.2, 0.25) is 0 Å². The molecule has 0 fully saturated rings. The molecule has 18 heavy (non-hydrogen) atoms. The minimum Gasteiger partial charge on any atom is -0.477 e. The molecule has 0 aliphatic heterocycles. The Bertz CT molecular complexity index is 400. The Labute approximate surface area is 105 Å². The van der Waals surface area contributed by atoms with E-state index in [4.69, 9.17) is 20.3 Å². The standard InChI is InChI=1S/C11H17N3O4/c1-7-9(11(15)16)10(12)14-8(13-7)3-4-18-6-5-17-2/h3-6H2,1-2H3,(H,15,16)(H2,12,13,14). The number of nitrogens with two attached hydrogens (primary N) is 1. The maximum Gasteiger partial charge on any atom is 0.341 e. The van der Waals surface area contributed by atoms with Gasteiger partial charge in [0.1, 0.15) is 17.2 Å². The minimum absolute atomic E-state index is 0.0121. The maximum atomic E-state index is 10.9. The predicted molar refractivity (Wildman–Crippen MR) is 64.5 cm³/mol. The summed E-state index contributed by atoms with van der Waals surface area (Å²) in [5.74, 6) is -0.651. The summed E-state index contributed by atoms with van der Waals surface area (Å²) in [5, 5.41) is 8.91. The summed E-state index contributed by atoms with van der Waals surface area (Å²) in [6, 6.07) is 0. The zero-order chi connectivity index (χ0) is 13.5. The molecule has 0 spiro atoms. The van der Waals surface area contributed by atoms with Gasteiger partial charge in [-0.25, -0.2) is 14.8 Å². The molecule has 0 unspecified atom stereocenters. The number of aromatic carboxylic acids is 1. The third kappa shape index (κ3) is 3.94. The Balaban J connectivity index is 2.61. The largest absolute Gasteiger partial charge is 0.477 e. The fourth-order valence-electron chi connectivity index (χ4n) is 1.44. The number of ether oxygens (including phenoxy) is 2. The normalized spacial score (nSPS) is 10.6. The molecule has 0 bridgehead atoms. The molecule has 0 amide bonds. The van der Waals surface area contributed by atoms with Crippen molar-refractivity contribution in [2.75, 3.05) is 32.7 Å². The number of carboxylic acids is 1. The second-order valence-electron chi connectivity index (χ2n) is 3.65. The summed E-state index contributed by atoms with van der Waals surface area (Å²) in [6.07, 6.45) is 0.481. The minimum atomic E-state index is -1.12. The predicted octanol–water partition coefficient (Wildman–Crippen LogP) is 0.271. The molecule has 7 heteroatoms. The van der Waals surface area contributed by atoms with Crippen molar-refractivity contribution in [1.29, 1.82) is 0 Å². The second kappa shape index (κ2) is 6.87. The fourth-order valence-corrected chi connectivity index (χ4v) is 1.44. The molecule has 0 aromatic carbocycles. The highest BCUT2D eigenvalue weighted by Crippen LogP contribution is 2.13. The second-order valence-corrected chi connectivity index (χ2v) is 3.65. The Morgan fingerprint density at radius 3 is 2.61 bits per heavy atom. The van der Waals surface area contributed by atoms with Crippen molar-refractivity contribution < 1.29 is 19.4 Å². The Morgan fingerprint density at radius 1 is 1.33 bits per heavy atom. The van der Waals surface area contributed by atoms with Crippen molar-refractivity contribution >= 4 is 11.8 Å². The first-order chi connectivity index (χ1) is 8.56. The number of rotatable bonds is 7. The van der Waals surface area contributed by atoms with E-state index >= 15 is 0 Å². The van der Waals surface area contributed by atoms with E-state index in [0.717, 1.165) is 0 Å². The molecule has 0 saturated heterocycles. The van der Waals surface area contributed by atoms with Gasteiger partial charge < -0.3 is 20.3 Å². The molecule has 0 aliphatic carbocycles. The summed E-state index contributed by atoms with van der Waals surface area (Å²) < 4.78 is 10.1. The molecule has 0 aliphatic rings. The first-order valence-corrected chi connectivity index (χ1v) is 5.49. The molecule has 1 aromatic rings. The van der Waals surface area contributed by atoms with Crippen molar-refractivity contribution in [3.8, 4) is 0 Å². The van der Waals surface area contributed by atoms with Crippen LogP contribution in [0.5, 0.6) is 0 Å². The SMILES string of the molecule is COCCOCCc1nc(C)c(C(=O)O)c(N)n1. The van der Waals surface area contributed by atoms with Crippen LogP contribution in [0.2, 0.25) is 0 Å². The summed E-state index contributed by atoms with van der Waals surface area (Å²) in [4.78, 5) is 18.9. The lowest BCUT2D eigenvalue weighted by atomic mass is 10.2. The molecule has 7 nitrogen and oxygen atoms in total. The number of anilines is 1. The molecule has 3 N–H and O–H groups in total. The lowest BCUT2D eigenvalue weighted by molar-refractivity contribution is 0.0695. The van der Waals surface area contributed by atoms with Crippen molar-refractivity contribution in [1.82, 2.24) is 9.97 Å². The number of aromatic nitrogens is 2. The number of hydrogen-bond donors (Lipinski definition) is 2. The van der Waals surface area contributed by atoms with Crippen LogP contribution in [-0.2, 0) is 15.9 Å². The van der Waals surface area contributed by atoms with Crippen LogP contribution in [0.25, 0.3) is 0 Å². The van der Waals surface area contributed by atoms with Crippen molar-refractivity contribution in [3.63, 3.8) is 0 Å². The van der Waals surface area contributed by atoms with E-state index < -0.39 is 5.97 Å². The molecule has 0 atom stereocenters. The van der Waals surface area contributed by atoms with Crippen LogP contribution < -0.4 is 5.73 Å². The average molecular weight is 255 g/mol. The highest BCUT2D eigenvalue weighted by molar-refractivity contribution is 5.93. The van der Waals surface area contributed by atoms with E-state index in [0.29, 0.717) is 37.8 Å². The number of carboxylic acid groups (broad SMARTS) is 1. The van der Waals surface area contributed by atoms with Gasteiger partial charge in [-0.05, 0) is 6.92 Å². The number of carbonyl (C=O) groups is 1. The van der Waals surface area contributed by atoms with Gasteiger partial charge in [-0.2, -0.15) is 0 Å². The third-order valence-electron chi connectivity index (χ3n) is 2.28. The van der Waals surface area contributed by atoms with Crippen molar-refractivity contribution in [3.05, 3.63) is 17.1 Å². The molecule has 1 rings (SSSR count). The first kappa shape index (κ1) is 14.3. The fraction of sp³-hybridized carbons (Fsp3) is 0.545. The van der Waals surface area contributed by atoms with Gasteiger partial charge in [-0.3, -0.25) is 0 Å². The van der Waals surface area contributed by atoms with Gasteiger partial charge in [0, 0.05) is 13.5 Å². The van der Waals surface area contributed by atoms with Gasteiger partial charge in [0.05, 0.1) is 25.5 Å².